The molecule has 0 spiro atoms. The van der Waals surface area contributed by atoms with Crippen LogP contribution in [0.15, 0.2) is 76.7 Å². The fourth-order valence-electron chi connectivity index (χ4n) is 4.07. The molecule has 0 saturated carbocycles. The van der Waals surface area contributed by atoms with E-state index in [1.165, 1.54) is 10.8 Å². The van der Waals surface area contributed by atoms with Crippen molar-refractivity contribution in [2.24, 2.45) is 7.05 Å². The van der Waals surface area contributed by atoms with E-state index in [0.717, 1.165) is 27.9 Å². The van der Waals surface area contributed by atoms with E-state index < -0.39 is 10.0 Å². The van der Waals surface area contributed by atoms with Crippen molar-refractivity contribution in [1.29, 1.82) is 0 Å². The lowest BCUT2D eigenvalue weighted by atomic mass is 9.73. The zero-order valence-corrected chi connectivity index (χ0v) is 17.6. The summed E-state index contributed by atoms with van der Waals surface area (Å²) >= 11 is 0. The van der Waals surface area contributed by atoms with Gasteiger partial charge in [0, 0.05) is 30.2 Å². The molecule has 5 nitrogen and oxygen atoms in total. The molecule has 0 radical (unpaired) electrons. The van der Waals surface area contributed by atoms with E-state index in [-0.39, 0.29) is 21.4 Å². The number of rotatable bonds is 4. The van der Waals surface area contributed by atoms with Gasteiger partial charge in [0.15, 0.2) is 0 Å². The highest BCUT2D eigenvalue weighted by molar-refractivity contribution is 7.90. The summed E-state index contributed by atoms with van der Waals surface area (Å²) in [5.74, 6) is 0. The molecule has 0 bridgehead atoms. The topological polar surface area (TPSA) is 61.1 Å². The van der Waals surface area contributed by atoms with Crippen LogP contribution in [0.2, 0.25) is 0 Å². The molecule has 0 fully saturated rings. The van der Waals surface area contributed by atoms with Gasteiger partial charge in [0.2, 0.25) is 0 Å². The minimum atomic E-state index is -3.88. The Morgan fingerprint density at radius 2 is 1.83 bits per heavy atom. The molecule has 0 aliphatic heterocycles. The van der Waals surface area contributed by atoms with E-state index in [4.69, 9.17) is 0 Å². The zero-order chi connectivity index (χ0) is 20.8. The summed E-state index contributed by atoms with van der Waals surface area (Å²) < 4.78 is 29.2. The van der Waals surface area contributed by atoms with Gasteiger partial charge in [0.05, 0.1) is 4.90 Å². The largest absolute Gasteiger partial charge is 0.316 e. The van der Waals surface area contributed by atoms with Gasteiger partial charge in [-0.25, -0.2) is 12.4 Å². The first-order valence-electron chi connectivity index (χ1n) is 9.68. The summed E-state index contributed by atoms with van der Waals surface area (Å²) in [6.45, 7) is 4.01. The molecule has 2 aromatic heterocycles. The first kappa shape index (κ1) is 19.5. The zero-order valence-electron chi connectivity index (χ0n) is 16.8. The molecule has 1 aromatic carbocycles. The van der Waals surface area contributed by atoms with Gasteiger partial charge in [0.1, 0.15) is 5.52 Å². The second kappa shape index (κ2) is 6.88. The third-order valence-electron chi connectivity index (χ3n) is 5.88. The van der Waals surface area contributed by atoms with Gasteiger partial charge >= 0.3 is 0 Å². The second-order valence-corrected chi connectivity index (χ2v) is 9.47. The maximum Gasteiger partial charge on any atom is 0.275 e. The Bertz CT molecular complexity index is 1310. The van der Waals surface area contributed by atoms with E-state index in [0.29, 0.717) is 5.39 Å². The van der Waals surface area contributed by atoms with Gasteiger partial charge in [-0.1, -0.05) is 48.9 Å². The highest BCUT2D eigenvalue weighted by Crippen LogP contribution is 2.39. The molecular formula is C23H24N2O3S. The first-order valence-corrected chi connectivity index (χ1v) is 11.1. The third-order valence-corrected chi connectivity index (χ3v) is 7.57. The summed E-state index contributed by atoms with van der Waals surface area (Å²) in [4.78, 5) is 13.2. The Hall–Kier alpha value is -2.86. The lowest BCUT2D eigenvalue weighted by molar-refractivity contribution is 0.517. The molecule has 1 aliphatic rings. The van der Waals surface area contributed by atoms with Crippen LogP contribution in [-0.2, 0) is 22.5 Å². The average Bonchev–Trinajstić information content (AvgIpc) is 3.18. The van der Waals surface area contributed by atoms with Crippen LogP contribution in [0.1, 0.15) is 30.9 Å². The normalized spacial score (nSPS) is 19.1. The lowest BCUT2D eigenvalue weighted by Gasteiger charge is -2.31. The third kappa shape index (κ3) is 2.99. The van der Waals surface area contributed by atoms with Crippen LogP contribution in [0.25, 0.3) is 10.9 Å². The van der Waals surface area contributed by atoms with Gasteiger partial charge in [-0.15, -0.1) is 0 Å². The van der Waals surface area contributed by atoms with Crippen LogP contribution in [0.5, 0.6) is 0 Å². The number of pyridine rings is 1. The molecule has 1 unspecified atom stereocenters. The van der Waals surface area contributed by atoms with E-state index in [1.807, 2.05) is 25.3 Å². The SMILES string of the molecule is CCC1(c2cn(C)c(=O)c3c2ccn3S(=O)(=O)c2ccc(C)cc2)C=CC=CC1. The van der Waals surface area contributed by atoms with Crippen molar-refractivity contribution < 1.29 is 8.42 Å². The fraction of sp³-hybridized carbons (Fsp3) is 0.261. The molecule has 0 saturated heterocycles. The molecule has 4 rings (SSSR count). The highest BCUT2D eigenvalue weighted by Gasteiger charge is 2.32. The quantitative estimate of drug-likeness (QED) is 0.654. The van der Waals surface area contributed by atoms with Crippen LogP contribution in [0, 0.1) is 6.92 Å². The predicted molar refractivity (Wildman–Crippen MR) is 116 cm³/mol. The number of aryl methyl sites for hydroxylation is 2. The van der Waals surface area contributed by atoms with Crippen molar-refractivity contribution in [3.63, 3.8) is 0 Å². The summed E-state index contributed by atoms with van der Waals surface area (Å²) in [6.07, 6.45) is 13.3. The lowest BCUT2D eigenvalue weighted by Crippen LogP contribution is -2.29. The average molecular weight is 409 g/mol. The molecule has 150 valence electrons. The van der Waals surface area contributed by atoms with Gasteiger partial charge in [-0.05, 0) is 43.5 Å². The highest BCUT2D eigenvalue weighted by atomic mass is 32.2. The predicted octanol–water partition coefficient (Wildman–Crippen LogP) is 4.05. The first-order chi connectivity index (χ1) is 13.8. The van der Waals surface area contributed by atoms with Crippen LogP contribution in [0.4, 0.5) is 0 Å². The van der Waals surface area contributed by atoms with Crippen LogP contribution >= 0.6 is 0 Å². The van der Waals surface area contributed by atoms with E-state index in [2.05, 4.69) is 19.1 Å². The Labute approximate surface area is 170 Å². The Morgan fingerprint density at radius 1 is 1.10 bits per heavy atom. The standard InChI is InChI=1S/C23H24N2O3S/c1-4-23(13-6-5-7-14-23)20-16-24(3)22(26)21-19(20)12-15-25(21)29(27,28)18-10-8-17(2)9-11-18/h5-13,15-16H,4,14H2,1-3H3. The van der Waals surface area contributed by atoms with Crippen molar-refractivity contribution >= 4 is 20.9 Å². The van der Waals surface area contributed by atoms with Crippen molar-refractivity contribution in [1.82, 2.24) is 8.54 Å². The van der Waals surface area contributed by atoms with Crippen LogP contribution in [0.3, 0.4) is 0 Å². The summed E-state index contributed by atoms with van der Waals surface area (Å²) in [7, 11) is -2.21. The molecule has 0 amide bonds. The minimum absolute atomic E-state index is 0.166. The number of allylic oxidation sites excluding steroid dienone is 4. The number of benzene rings is 1. The summed E-state index contributed by atoms with van der Waals surface area (Å²) in [5.41, 5.74) is 1.54. The molecule has 0 N–H and O–H groups in total. The second-order valence-electron chi connectivity index (χ2n) is 7.65. The molecular weight excluding hydrogens is 384 g/mol. The van der Waals surface area contributed by atoms with Crippen molar-refractivity contribution in [3.8, 4) is 0 Å². The van der Waals surface area contributed by atoms with Gasteiger partial charge in [-0.2, -0.15) is 0 Å². The maximum absolute atomic E-state index is 13.3. The Kier molecular flexibility index (Phi) is 4.62. The van der Waals surface area contributed by atoms with Gasteiger partial charge < -0.3 is 4.57 Å². The monoisotopic (exact) mass is 408 g/mol. The molecule has 1 aliphatic carbocycles. The van der Waals surface area contributed by atoms with E-state index in [9.17, 15) is 13.2 Å². The van der Waals surface area contributed by atoms with Gasteiger partial charge in [0.25, 0.3) is 15.6 Å². The van der Waals surface area contributed by atoms with E-state index in [1.54, 1.807) is 37.4 Å². The van der Waals surface area contributed by atoms with Crippen LogP contribution < -0.4 is 5.56 Å². The Morgan fingerprint density at radius 3 is 2.45 bits per heavy atom. The Balaban J connectivity index is 2.02. The fourth-order valence-corrected chi connectivity index (χ4v) is 5.41. The summed E-state index contributed by atoms with van der Waals surface area (Å²) in [5, 5.41) is 0.686. The minimum Gasteiger partial charge on any atom is -0.316 e. The number of hydrogen-bond donors (Lipinski definition) is 0. The summed E-state index contributed by atoms with van der Waals surface area (Å²) in [6, 6.07) is 8.42. The number of fused-ring (bicyclic) bond motifs is 1. The van der Waals surface area contributed by atoms with Gasteiger partial charge in [-0.3, -0.25) is 4.79 Å². The molecule has 2 heterocycles. The molecule has 3 aromatic rings. The molecule has 6 heteroatoms. The number of hydrogen-bond acceptors (Lipinski definition) is 3. The van der Waals surface area contributed by atoms with Crippen LogP contribution in [-0.4, -0.2) is 17.0 Å². The molecule has 29 heavy (non-hydrogen) atoms. The number of aromatic nitrogens is 2. The smallest absolute Gasteiger partial charge is 0.275 e. The van der Waals surface area contributed by atoms with Crippen molar-refractivity contribution in [2.75, 3.05) is 0 Å². The van der Waals surface area contributed by atoms with Crippen molar-refractivity contribution in [3.05, 3.63) is 88.5 Å². The molecule has 1 atom stereocenters. The maximum atomic E-state index is 13.3. The van der Waals surface area contributed by atoms with E-state index >= 15 is 0 Å². The number of nitrogens with zero attached hydrogens (tertiary/aromatic N) is 2. The van der Waals surface area contributed by atoms with Crippen molar-refractivity contribution in [2.45, 2.75) is 37.0 Å².